The zero-order chi connectivity index (χ0) is 18.0. The van der Waals surface area contributed by atoms with Crippen molar-refractivity contribution < 1.29 is 128 Å². The molecule has 16 nitrogen and oxygen atoms in total. The minimum Gasteiger partial charge on any atom is -0.756 e. The first-order valence-electron chi connectivity index (χ1n) is 3.06. The molecule has 0 radical (unpaired) electrons. The van der Waals surface area contributed by atoms with Gasteiger partial charge in [-0.05, 0) is 0 Å². The van der Waals surface area contributed by atoms with Gasteiger partial charge in [-0.3, -0.25) is 18.3 Å². The third-order valence-corrected chi connectivity index (χ3v) is 0. The molecular formula is H8BKO16P4. The third-order valence-electron chi connectivity index (χ3n) is 0. The van der Waals surface area contributed by atoms with Gasteiger partial charge in [0.1, 0.15) is 0 Å². The molecule has 22 heteroatoms. The topological polar surface area (TPSA) is 322 Å². The minimum atomic E-state index is -4.89. The molecule has 8 N–H and O–H groups in total. The van der Waals surface area contributed by atoms with E-state index in [0.717, 1.165) is 0 Å². The predicted octanol–water partition coefficient (Wildman–Crippen LogP) is -9.62. The predicted molar refractivity (Wildman–Crippen MR) is 53.9 cm³/mol. The van der Waals surface area contributed by atoms with E-state index in [9.17, 15) is 0 Å². The average Bonchev–Trinajstić information content (AvgIpc) is 1.62. The third kappa shape index (κ3) is 2160. The van der Waals surface area contributed by atoms with Crippen molar-refractivity contribution in [2.75, 3.05) is 0 Å². The van der Waals surface area contributed by atoms with Gasteiger partial charge in [0, 0.05) is 0 Å². The van der Waals surface area contributed by atoms with Crippen LogP contribution in [-0.2, 0) is 18.3 Å². The smallest absolute Gasteiger partial charge is 0.756 e. The van der Waals surface area contributed by atoms with Crippen LogP contribution in [0.15, 0.2) is 0 Å². The molecule has 0 aliphatic carbocycles. The van der Waals surface area contributed by atoms with Crippen LogP contribution < -0.4 is 71.0 Å². The number of phosphoric acid groups is 4. The van der Waals surface area contributed by atoms with Crippen LogP contribution in [0.2, 0.25) is 0 Å². The second-order valence-electron chi connectivity index (χ2n) is 1.96. The number of rotatable bonds is 0. The van der Waals surface area contributed by atoms with Gasteiger partial charge in [-0.2, -0.15) is 0 Å². The van der Waals surface area contributed by atoms with E-state index in [-0.39, 0.29) is 59.8 Å². The second kappa shape index (κ2) is 16.6. The van der Waals surface area contributed by atoms with E-state index >= 15 is 0 Å². The van der Waals surface area contributed by atoms with Gasteiger partial charge in [0.2, 0.25) is 0 Å². The Labute approximate surface area is 166 Å². The molecule has 0 amide bonds. The summed E-state index contributed by atoms with van der Waals surface area (Å²) in [6, 6.07) is 0. The molecule has 0 aliphatic rings. The van der Waals surface area contributed by atoms with Crippen LogP contribution in [0.5, 0.6) is 0 Å². The van der Waals surface area contributed by atoms with E-state index in [1.54, 1.807) is 0 Å². The van der Waals surface area contributed by atoms with Crippen LogP contribution in [0.1, 0.15) is 0 Å². The van der Waals surface area contributed by atoms with Crippen molar-refractivity contribution in [3.05, 3.63) is 0 Å². The van der Waals surface area contributed by atoms with Crippen molar-refractivity contribution in [2.24, 2.45) is 0 Å². The fraction of sp³-hybridized carbons (Fsp3) is 0. The minimum absolute atomic E-state index is 0. The molecule has 0 aromatic rings. The van der Waals surface area contributed by atoms with Crippen LogP contribution in [0.25, 0.3) is 0 Å². The largest absolute Gasteiger partial charge is 3.00 e. The Bertz CT molecular complexity index is 291. The summed E-state index contributed by atoms with van der Waals surface area (Å²) in [7, 11) is -19.6. The molecule has 0 spiro atoms. The summed E-state index contributed by atoms with van der Waals surface area (Å²) in [4.78, 5) is 91.7. The molecule has 0 fully saturated rings. The summed E-state index contributed by atoms with van der Waals surface area (Å²) in [6.07, 6.45) is 0. The Morgan fingerprint density at radius 1 is 0.455 bits per heavy atom. The van der Waals surface area contributed by atoms with Gasteiger partial charge in [0.25, 0.3) is 31.3 Å². The first-order valence-corrected chi connectivity index (χ1v) is 9.18. The fourth-order valence-corrected chi connectivity index (χ4v) is 0. The molecule has 0 unspecified atom stereocenters. The molecule has 0 saturated heterocycles. The molecule has 0 aromatic carbocycles. The molecule has 0 saturated carbocycles. The Morgan fingerprint density at radius 3 is 0.455 bits per heavy atom. The molecule has 22 heavy (non-hydrogen) atoms. The van der Waals surface area contributed by atoms with Crippen LogP contribution in [0, 0.1) is 0 Å². The summed E-state index contributed by atoms with van der Waals surface area (Å²) in [6.45, 7) is 0. The molecule has 0 aromatic heterocycles. The van der Waals surface area contributed by atoms with Crippen molar-refractivity contribution in [1.82, 2.24) is 0 Å². The molecule has 0 rings (SSSR count). The maximum atomic E-state index is 8.77. The van der Waals surface area contributed by atoms with Crippen LogP contribution in [-0.4, -0.2) is 47.6 Å². The quantitative estimate of drug-likeness (QED) is 0.128. The van der Waals surface area contributed by atoms with Crippen molar-refractivity contribution >= 4 is 39.7 Å². The van der Waals surface area contributed by atoms with Gasteiger partial charge in [-0.15, -0.1) is 0 Å². The number of hydrogen-bond acceptors (Lipinski definition) is 8. The first-order chi connectivity index (χ1) is 8.00. The molecule has 0 aliphatic heterocycles. The van der Waals surface area contributed by atoms with Gasteiger partial charge in [-0.25, -0.2) is 0 Å². The molecule has 0 bridgehead atoms. The van der Waals surface area contributed by atoms with Crippen LogP contribution >= 0.6 is 31.3 Å². The zero-order valence-electron chi connectivity index (χ0n) is 10.2. The fourth-order valence-electron chi connectivity index (χ4n) is 0. The van der Waals surface area contributed by atoms with Crippen molar-refractivity contribution in [3.8, 4) is 0 Å². The van der Waals surface area contributed by atoms with E-state index in [1.807, 2.05) is 0 Å². The SMILES string of the molecule is O=P([O-])(O)O.O=P([O-])(O)O.O=P([O-])(O)O.O=P([O-])(O)O.[B+3].[K+]. The standard InChI is InChI=1S/B.K.4H3O4P/c;;4*1-5(2,3)4/h;;4*(H3,1,2,3,4)/q+3;+1;;;;/p-4. The van der Waals surface area contributed by atoms with Gasteiger partial charge in [0.05, 0.1) is 0 Å². The normalized spacial score (nSPS) is 10.7. The average molecular weight is 438 g/mol. The summed E-state index contributed by atoms with van der Waals surface area (Å²) >= 11 is 0. The van der Waals surface area contributed by atoms with Gasteiger partial charge >= 0.3 is 59.8 Å². The molecular weight excluding hydrogens is 430 g/mol. The first kappa shape index (κ1) is 39.3. The monoisotopic (exact) mass is 438 g/mol. The molecule has 128 valence electrons. The summed E-state index contributed by atoms with van der Waals surface area (Å²) in [5.41, 5.74) is 0. The zero-order valence-corrected chi connectivity index (χ0v) is 16.9. The summed E-state index contributed by atoms with van der Waals surface area (Å²) < 4.78 is 35.1. The summed E-state index contributed by atoms with van der Waals surface area (Å²) in [5, 5.41) is 0. The molecule has 0 atom stereocenters. The van der Waals surface area contributed by atoms with E-state index in [2.05, 4.69) is 0 Å². The van der Waals surface area contributed by atoms with Crippen molar-refractivity contribution in [2.45, 2.75) is 0 Å². The van der Waals surface area contributed by atoms with E-state index < -0.39 is 31.3 Å². The Balaban J connectivity index is -0.0000000376. The molecule has 0 heterocycles. The van der Waals surface area contributed by atoms with Crippen LogP contribution in [0.4, 0.5) is 0 Å². The van der Waals surface area contributed by atoms with E-state index in [4.69, 9.17) is 77.0 Å². The maximum absolute atomic E-state index is 8.77. The van der Waals surface area contributed by atoms with Crippen molar-refractivity contribution in [1.29, 1.82) is 0 Å². The Kier molecular flexibility index (Phi) is 29.6. The van der Waals surface area contributed by atoms with E-state index in [1.165, 1.54) is 0 Å². The number of hydrogen-bond donors (Lipinski definition) is 8. The summed E-state index contributed by atoms with van der Waals surface area (Å²) in [5.74, 6) is 0. The van der Waals surface area contributed by atoms with Crippen LogP contribution in [0.3, 0.4) is 0 Å². The maximum Gasteiger partial charge on any atom is 3.00 e. The van der Waals surface area contributed by atoms with Gasteiger partial charge in [-0.1, -0.05) is 0 Å². The second-order valence-corrected chi connectivity index (χ2v) is 5.89. The van der Waals surface area contributed by atoms with Gasteiger partial charge in [0.15, 0.2) is 0 Å². The van der Waals surface area contributed by atoms with Crippen molar-refractivity contribution in [3.63, 3.8) is 0 Å². The Hall–Kier alpha value is 2.14. The van der Waals surface area contributed by atoms with E-state index in [0.29, 0.717) is 0 Å². The Morgan fingerprint density at radius 2 is 0.455 bits per heavy atom. The van der Waals surface area contributed by atoms with Gasteiger partial charge < -0.3 is 58.7 Å².